The molecule has 2 aromatic carbocycles. The van der Waals surface area contributed by atoms with Crippen LogP contribution >= 0.6 is 22.7 Å². The monoisotopic (exact) mass is 1000 g/mol. The third kappa shape index (κ3) is 14.2. The molecule has 0 radical (unpaired) electrons. The van der Waals surface area contributed by atoms with Crippen LogP contribution < -0.4 is 10.2 Å². The van der Waals surface area contributed by atoms with E-state index in [-0.39, 0.29) is 52.9 Å². The van der Waals surface area contributed by atoms with Crippen molar-refractivity contribution < 1.29 is 55.8 Å². The number of rotatable bonds is 11. The molecule has 2 aliphatic rings. The standard InChI is InChI=1S/C21H26N4O5S2.C14H20N4O3S.C7H9BO4S/c1-14(2)30-21(26)24-10-8-15(9-11-24)19-23-25-12-16(22-20(25)31-19)13-29-17-4-6-18(7-5-17)32(3,27)28;1-9(2)21-14(20)17-5-3-10(4-6-17)12-16-18-7-11(8-19)15-13(18)22-12;1-13(11,12)7-4-2-6(3-5-7)8(9)10/h4-7,12,14-15H,8-11,13H2,1-3H3;7,9-10,19H,3-6,8H2,1-2H3;2-5,9-10H,1H3. The summed E-state index contributed by atoms with van der Waals surface area (Å²) >= 11 is 3.11. The van der Waals surface area contributed by atoms with Gasteiger partial charge in [0.25, 0.3) is 0 Å². The summed E-state index contributed by atoms with van der Waals surface area (Å²) in [6, 6.07) is 11.7. The van der Waals surface area contributed by atoms with E-state index in [1.165, 1.54) is 42.7 Å². The molecule has 2 saturated heterocycles. The summed E-state index contributed by atoms with van der Waals surface area (Å²) in [7, 11) is -8.00. The number of sulfone groups is 2. The molecule has 2 aliphatic heterocycles. The topological polar surface area (TPSA) is 258 Å². The van der Waals surface area contributed by atoms with Crippen molar-refractivity contribution in [3.63, 3.8) is 0 Å². The Morgan fingerprint density at radius 2 is 1.09 bits per heavy atom. The fourth-order valence-electron chi connectivity index (χ4n) is 6.99. The van der Waals surface area contributed by atoms with Gasteiger partial charge >= 0.3 is 19.3 Å². The SMILES string of the molecule is CC(C)OC(=O)N1CCC(c2nn3cc(CO)nc3s2)CC1.CC(C)OC(=O)N1CCC(c2nn3cc(COc4ccc(S(C)(=O)=O)cc4)nc3s2)CC1.CS(=O)(=O)c1ccc(B(O)O)cc1. The van der Waals surface area contributed by atoms with Gasteiger partial charge < -0.3 is 39.2 Å². The molecule has 0 atom stereocenters. The molecule has 25 heteroatoms. The number of carbonyl (C=O) groups excluding carboxylic acids is 2. The number of benzene rings is 2. The Labute approximate surface area is 397 Å². The van der Waals surface area contributed by atoms with Gasteiger partial charge in [-0.3, -0.25) is 0 Å². The molecule has 8 rings (SSSR count). The Balaban J connectivity index is 0.000000182. The molecule has 20 nitrogen and oxygen atoms in total. The average Bonchev–Trinajstić information content (AvgIpc) is 4.06. The predicted molar refractivity (Wildman–Crippen MR) is 251 cm³/mol. The number of piperidine rings is 2. The lowest BCUT2D eigenvalue weighted by Gasteiger charge is -2.30. The highest BCUT2D eigenvalue weighted by molar-refractivity contribution is 7.91. The third-order valence-electron chi connectivity index (χ3n) is 10.5. The van der Waals surface area contributed by atoms with Crippen molar-refractivity contribution in [2.75, 3.05) is 38.7 Å². The molecule has 362 valence electrons. The van der Waals surface area contributed by atoms with Gasteiger partial charge in [-0.2, -0.15) is 10.2 Å². The van der Waals surface area contributed by atoms with Gasteiger partial charge in [0.05, 0.1) is 52.4 Å². The molecular weight excluding hydrogens is 948 g/mol. The molecule has 0 unspecified atom stereocenters. The van der Waals surface area contributed by atoms with Crippen LogP contribution in [0.4, 0.5) is 9.59 Å². The largest absolute Gasteiger partial charge is 0.488 e. The number of aliphatic hydroxyl groups excluding tert-OH is 1. The van der Waals surface area contributed by atoms with Gasteiger partial charge in [0, 0.05) is 50.5 Å². The van der Waals surface area contributed by atoms with Gasteiger partial charge in [-0.1, -0.05) is 34.8 Å². The van der Waals surface area contributed by atoms with Gasteiger partial charge in [-0.05, 0) is 95.2 Å². The second kappa shape index (κ2) is 22.3. The summed E-state index contributed by atoms with van der Waals surface area (Å²) in [6.45, 7) is 10.3. The zero-order valence-electron chi connectivity index (χ0n) is 38.0. The van der Waals surface area contributed by atoms with Crippen LogP contribution in [0, 0.1) is 0 Å². The van der Waals surface area contributed by atoms with E-state index in [9.17, 15) is 26.4 Å². The minimum absolute atomic E-state index is 0.0677. The maximum atomic E-state index is 12.1. The fraction of sp³-hybridized carbons (Fsp3) is 0.476. The summed E-state index contributed by atoms with van der Waals surface area (Å²) in [5, 5.41) is 37.8. The minimum atomic E-state index is -3.23. The second-order valence-electron chi connectivity index (χ2n) is 16.6. The number of hydrogen-bond donors (Lipinski definition) is 3. The zero-order valence-corrected chi connectivity index (χ0v) is 41.2. The number of nitrogens with zero attached hydrogens (tertiary/aromatic N) is 8. The van der Waals surface area contributed by atoms with Gasteiger partial charge in [0.15, 0.2) is 19.7 Å². The first-order valence-corrected chi connectivity index (χ1v) is 26.9. The zero-order chi connectivity index (χ0) is 48.6. The predicted octanol–water partition coefficient (Wildman–Crippen LogP) is 4.28. The Bertz CT molecular complexity index is 2750. The van der Waals surface area contributed by atoms with Crippen LogP contribution in [-0.4, -0.2) is 141 Å². The van der Waals surface area contributed by atoms with E-state index in [1.54, 1.807) is 59.8 Å². The van der Waals surface area contributed by atoms with Crippen LogP contribution in [0.3, 0.4) is 0 Å². The third-order valence-corrected chi connectivity index (χ3v) is 14.9. The highest BCUT2D eigenvalue weighted by Crippen LogP contribution is 2.33. The molecule has 3 N–H and O–H groups in total. The molecule has 0 bridgehead atoms. The number of carbonyl (C=O) groups is 2. The molecule has 0 saturated carbocycles. The summed E-state index contributed by atoms with van der Waals surface area (Å²) in [5.74, 6) is 1.23. The molecule has 2 amide bonds. The quantitative estimate of drug-likeness (QED) is 0.153. The molecule has 6 aromatic rings. The summed E-state index contributed by atoms with van der Waals surface area (Å²) in [6.07, 6.45) is 8.66. The van der Waals surface area contributed by atoms with E-state index in [2.05, 4.69) is 20.2 Å². The van der Waals surface area contributed by atoms with Crippen LogP contribution in [0.2, 0.25) is 0 Å². The molecule has 4 aromatic heterocycles. The van der Waals surface area contributed by atoms with Crippen molar-refractivity contribution in [1.82, 2.24) is 39.0 Å². The van der Waals surface area contributed by atoms with Crippen molar-refractivity contribution in [2.24, 2.45) is 0 Å². The van der Waals surface area contributed by atoms with Gasteiger partial charge in [-0.15, -0.1) is 0 Å². The van der Waals surface area contributed by atoms with Crippen LogP contribution in [0.15, 0.2) is 70.7 Å². The van der Waals surface area contributed by atoms with E-state index in [4.69, 9.17) is 29.4 Å². The maximum absolute atomic E-state index is 12.1. The van der Waals surface area contributed by atoms with Crippen molar-refractivity contribution >= 4 is 77.0 Å². The molecular formula is C42H55BN8O12S4. The first-order chi connectivity index (χ1) is 31.7. The van der Waals surface area contributed by atoms with Crippen molar-refractivity contribution in [3.8, 4) is 5.75 Å². The Morgan fingerprint density at radius 3 is 1.46 bits per heavy atom. The van der Waals surface area contributed by atoms with Crippen LogP contribution in [-0.2, 0) is 42.4 Å². The van der Waals surface area contributed by atoms with Crippen LogP contribution in [0.5, 0.6) is 5.75 Å². The fourth-order valence-corrected chi connectivity index (χ4v) is 10.4. The number of amides is 2. The van der Waals surface area contributed by atoms with Crippen LogP contribution in [0.25, 0.3) is 9.92 Å². The molecule has 2 fully saturated rings. The average molecular weight is 1000 g/mol. The Kier molecular flexibility index (Phi) is 17.0. The first-order valence-electron chi connectivity index (χ1n) is 21.5. The number of ether oxygens (including phenoxy) is 3. The van der Waals surface area contributed by atoms with Crippen molar-refractivity contribution in [2.45, 2.75) is 100 Å². The van der Waals surface area contributed by atoms with Gasteiger partial charge in [0.1, 0.15) is 22.4 Å². The summed E-state index contributed by atoms with van der Waals surface area (Å²) < 4.78 is 64.8. The van der Waals surface area contributed by atoms with E-state index in [0.29, 0.717) is 49.5 Å². The van der Waals surface area contributed by atoms with E-state index in [1.807, 2.05) is 33.9 Å². The Morgan fingerprint density at radius 1 is 0.687 bits per heavy atom. The maximum Gasteiger partial charge on any atom is 0.488 e. The van der Waals surface area contributed by atoms with Crippen molar-refractivity contribution in [1.29, 1.82) is 0 Å². The lowest BCUT2D eigenvalue weighted by molar-refractivity contribution is 0.0682. The lowest BCUT2D eigenvalue weighted by Crippen LogP contribution is -2.39. The number of hydrogen-bond acceptors (Lipinski definition) is 18. The van der Waals surface area contributed by atoms with E-state index < -0.39 is 26.8 Å². The summed E-state index contributed by atoms with van der Waals surface area (Å²) in [5.41, 5.74) is 1.65. The van der Waals surface area contributed by atoms with Gasteiger partial charge in [-0.25, -0.2) is 45.4 Å². The van der Waals surface area contributed by atoms with E-state index >= 15 is 0 Å². The second-order valence-corrected chi connectivity index (χ2v) is 22.6. The van der Waals surface area contributed by atoms with Gasteiger partial charge in [0.2, 0.25) is 9.92 Å². The van der Waals surface area contributed by atoms with Crippen LogP contribution in [0.1, 0.15) is 86.6 Å². The first kappa shape index (κ1) is 51.2. The summed E-state index contributed by atoms with van der Waals surface area (Å²) in [4.78, 5) is 38.4. The minimum Gasteiger partial charge on any atom is -0.487 e. The normalized spacial score (nSPS) is 15.0. The highest BCUT2D eigenvalue weighted by atomic mass is 32.2. The molecule has 0 spiro atoms. The van der Waals surface area contributed by atoms with Crippen molar-refractivity contribution in [3.05, 3.63) is 82.3 Å². The number of likely N-dealkylation sites (tertiary alicyclic amines) is 2. The lowest BCUT2D eigenvalue weighted by atomic mass is 9.81. The highest BCUT2D eigenvalue weighted by Gasteiger charge is 2.29. The molecule has 67 heavy (non-hydrogen) atoms. The number of aliphatic hydroxyl groups is 1. The number of imidazole rings is 2. The smallest absolute Gasteiger partial charge is 0.487 e. The number of aromatic nitrogens is 6. The Hall–Kier alpha value is -5.18. The molecule has 0 aliphatic carbocycles. The molecule has 6 heterocycles. The van der Waals surface area contributed by atoms with E-state index in [0.717, 1.165) is 57.6 Å². The number of fused-ring (bicyclic) bond motifs is 2.